The zero-order valence-corrected chi connectivity index (χ0v) is 18.7. The van der Waals surface area contributed by atoms with E-state index in [-0.39, 0.29) is 17.8 Å². The van der Waals surface area contributed by atoms with Crippen molar-refractivity contribution in [2.75, 3.05) is 25.0 Å². The summed E-state index contributed by atoms with van der Waals surface area (Å²) >= 11 is 0. The Hall–Kier alpha value is -2.82. The van der Waals surface area contributed by atoms with Gasteiger partial charge < -0.3 is 10.2 Å². The van der Waals surface area contributed by atoms with Crippen molar-refractivity contribution in [1.82, 2.24) is 19.5 Å². The first-order chi connectivity index (χ1) is 15.9. The lowest BCUT2D eigenvalue weighted by Gasteiger charge is -2.34. The number of nitrogens with one attached hydrogen (secondary N) is 1. The van der Waals surface area contributed by atoms with Gasteiger partial charge in [-0.2, -0.15) is 26.3 Å². The average Bonchev–Trinajstić information content (AvgIpc) is 3.22. The van der Waals surface area contributed by atoms with Gasteiger partial charge in [-0.05, 0) is 49.6 Å². The lowest BCUT2D eigenvalue weighted by molar-refractivity contribution is -0.142. The van der Waals surface area contributed by atoms with E-state index in [2.05, 4.69) is 34.3 Å². The lowest BCUT2D eigenvalue weighted by Crippen LogP contribution is -2.43. The fourth-order valence-electron chi connectivity index (χ4n) is 4.45. The zero-order chi connectivity index (χ0) is 24.7. The second kappa shape index (κ2) is 9.09. The predicted octanol–water partition coefficient (Wildman–Crippen LogP) is 5.97. The molecule has 1 atom stereocenters. The van der Waals surface area contributed by atoms with E-state index in [1.165, 1.54) is 0 Å². The van der Waals surface area contributed by atoms with Crippen LogP contribution in [0.2, 0.25) is 0 Å². The average molecular weight is 485 g/mol. The molecule has 2 aromatic heterocycles. The number of likely N-dealkylation sites (tertiary alicyclic amines) is 1. The van der Waals surface area contributed by atoms with Crippen molar-refractivity contribution < 1.29 is 26.3 Å². The summed E-state index contributed by atoms with van der Waals surface area (Å²) in [6.07, 6.45) is -6.34. The van der Waals surface area contributed by atoms with Gasteiger partial charge in [0.2, 0.25) is 5.95 Å². The van der Waals surface area contributed by atoms with Crippen LogP contribution in [0, 0.1) is 5.92 Å². The number of fused-ring (bicyclic) bond motifs is 1. The third-order valence-electron chi connectivity index (χ3n) is 5.83. The van der Waals surface area contributed by atoms with Crippen LogP contribution in [0.1, 0.15) is 37.8 Å². The molecule has 4 rings (SSSR count). The molecule has 0 bridgehead atoms. The van der Waals surface area contributed by atoms with Crippen molar-refractivity contribution in [2.45, 2.75) is 45.1 Å². The molecular weight excluding hydrogens is 460 g/mol. The third-order valence-corrected chi connectivity index (χ3v) is 5.83. The summed E-state index contributed by atoms with van der Waals surface area (Å²) in [6.45, 7) is 7.09. The van der Waals surface area contributed by atoms with Crippen molar-refractivity contribution in [3.05, 3.63) is 47.7 Å². The summed E-state index contributed by atoms with van der Waals surface area (Å²) < 4.78 is 81.9. The SMILES string of the molecule is CC(C)CN1CCC[C@@H](Nc2nnc(-c3ccc(C(F)(F)F)cc3C(F)(F)F)c3cccn23)C1. The van der Waals surface area contributed by atoms with Crippen molar-refractivity contribution in [3.8, 4) is 11.3 Å². The van der Waals surface area contributed by atoms with Gasteiger partial charge in [0.25, 0.3) is 0 Å². The molecule has 184 valence electrons. The van der Waals surface area contributed by atoms with Crippen LogP contribution in [0.3, 0.4) is 0 Å². The summed E-state index contributed by atoms with van der Waals surface area (Å²) in [5.41, 5.74) is -3.05. The minimum absolute atomic E-state index is 0.0926. The molecule has 1 N–H and O–H groups in total. The number of rotatable bonds is 5. The van der Waals surface area contributed by atoms with Crippen LogP contribution >= 0.6 is 0 Å². The maximum absolute atomic E-state index is 13.7. The monoisotopic (exact) mass is 485 g/mol. The fraction of sp³-hybridized carbons (Fsp3) is 0.478. The molecule has 1 saturated heterocycles. The highest BCUT2D eigenvalue weighted by Crippen LogP contribution is 2.41. The van der Waals surface area contributed by atoms with Gasteiger partial charge in [0.1, 0.15) is 5.69 Å². The van der Waals surface area contributed by atoms with E-state index < -0.39 is 29.0 Å². The highest BCUT2D eigenvalue weighted by atomic mass is 19.4. The molecule has 1 aliphatic rings. The van der Waals surface area contributed by atoms with Crippen LogP contribution in [0.4, 0.5) is 32.3 Å². The molecule has 0 saturated carbocycles. The number of aromatic nitrogens is 3. The quantitative estimate of drug-likeness (QED) is 0.453. The Morgan fingerprint density at radius 1 is 1.06 bits per heavy atom. The Morgan fingerprint density at radius 3 is 2.50 bits per heavy atom. The molecular formula is C23H25F6N5. The predicted molar refractivity (Wildman–Crippen MR) is 116 cm³/mol. The Bertz CT molecular complexity index is 1150. The van der Waals surface area contributed by atoms with E-state index in [1.807, 2.05) is 0 Å². The first kappa shape index (κ1) is 24.3. The summed E-state index contributed by atoms with van der Waals surface area (Å²) in [6, 6.07) is 4.85. The Labute approximate surface area is 192 Å². The standard InChI is InChI=1S/C23H25F6N5/c1-14(2)12-33-9-3-5-16(13-33)30-21-32-31-20(19-6-4-10-34(19)21)17-8-7-15(22(24,25)26)11-18(17)23(27,28)29/h4,6-8,10-11,14,16H,3,5,9,12-13H2,1-2H3,(H,30,32)/t16-/m1/s1. The van der Waals surface area contributed by atoms with E-state index in [0.29, 0.717) is 23.4 Å². The third kappa shape index (κ3) is 5.13. The van der Waals surface area contributed by atoms with Gasteiger partial charge in [-0.1, -0.05) is 19.9 Å². The molecule has 5 nitrogen and oxygen atoms in total. The maximum atomic E-state index is 13.7. The zero-order valence-electron chi connectivity index (χ0n) is 18.7. The van der Waals surface area contributed by atoms with Gasteiger partial charge >= 0.3 is 12.4 Å². The highest BCUT2D eigenvalue weighted by Gasteiger charge is 2.39. The van der Waals surface area contributed by atoms with Crippen molar-refractivity contribution in [2.24, 2.45) is 5.92 Å². The number of hydrogen-bond acceptors (Lipinski definition) is 4. The molecule has 1 aromatic carbocycles. The minimum Gasteiger partial charge on any atom is -0.350 e. The summed E-state index contributed by atoms with van der Waals surface area (Å²) in [5.74, 6) is 0.904. The van der Waals surface area contributed by atoms with Crippen LogP contribution in [-0.4, -0.2) is 45.2 Å². The highest BCUT2D eigenvalue weighted by molar-refractivity contribution is 5.80. The van der Waals surface area contributed by atoms with Crippen LogP contribution in [0.15, 0.2) is 36.5 Å². The number of anilines is 1. The van der Waals surface area contributed by atoms with E-state index >= 15 is 0 Å². The summed E-state index contributed by atoms with van der Waals surface area (Å²) in [7, 11) is 0. The first-order valence-corrected chi connectivity index (χ1v) is 11.0. The molecule has 3 aromatic rings. The van der Waals surface area contributed by atoms with Crippen LogP contribution in [0.25, 0.3) is 16.8 Å². The van der Waals surface area contributed by atoms with Crippen LogP contribution < -0.4 is 5.32 Å². The van der Waals surface area contributed by atoms with Gasteiger partial charge in [0, 0.05) is 30.9 Å². The van der Waals surface area contributed by atoms with Crippen LogP contribution in [0.5, 0.6) is 0 Å². The molecule has 3 heterocycles. The molecule has 0 unspecified atom stereocenters. The minimum atomic E-state index is -5.00. The number of alkyl halides is 6. The Morgan fingerprint density at radius 2 is 1.82 bits per heavy atom. The number of hydrogen-bond donors (Lipinski definition) is 1. The smallest absolute Gasteiger partial charge is 0.350 e. The normalized spacial score (nSPS) is 18.1. The van der Waals surface area contributed by atoms with E-state index in [9.17, 15) is 26.3 Å². The van der Waals surface area contributed by atoms with Gasteiger partial charge in [-0.3, -0.25) is 4.40 Å². The second-order valence-electron chi connectivity index (χ2n) is 9.03. The van der Waals surface area contributed by atoms with Crippen molar-refractivity contribution in [3.63, 3.8) is 0 Å². The van der Waals surface area contributed by atoms with Crippen molar-refractivity contribution in [1.29, 1.82) is 0 Å². The summed E-state index contributed by atoms with van der Waals surface area (Å²) in [4.78, 5) is 2.36. The number of nitrogens with zero attached hydrogens (tertiary/aromatic N) is 4. The van der Waals surface area contributed by atoms with Gasteiger partial charge in [-0.25, -0.2) is 0 Å². The molecule has 34 heavy (non-hydrogen) atoms. The summed E-state index contributed by atoms with van der Waals surface area (Å²) in [5, 5.41) is 11.5. The molecule has 1 aliphatic heterocycles. The lowest BCUT2D eigenvalue weighted by atomic mass is 10.00. The second-order valence-corrected chi connectivity index (χ2v) is 9.03. The molecule has 11 heteroatoms. The van der Waals surface area contributed by atoms with E-state index in [0.717, 1.165) is 38.5 Å². The molecule has 1 fully saturated rings. The van der Waals surface area contributed by atoms with Crippen molar-refractivity contribution >= 4 is 11.5 Å². The number of benzene rings is 1. The topological polar surface area (TPSA) is 45.5 Å². The number of halogens is 6. The molecule has 0 amide bonds. The van der Waals surface area contributed by atoms with E-state index in [4.69, 9.17) is 0 Å². The Balaban J connectivity index is 1.70. The largest absolute Gasteiger partial charge is 0.417 e. The van der Waals surface area contributed by atoms with Gasteiger partial charge in [0.05, 0.1) is 16.6 Å². The Kier molecular flexibility index (Phi) is 6.50. The number of piperidine rings is 1. The van der Waals surface area contributed by atoms with Crippen LogP contribution in [-0.2, 0) is 12.4 Å². The van der Waals surface area contributed by atoms with Gasteiger partial charge in [-0.15, -0.1) is 10.2 Å². The first-order valence-electron chi connectivity index (χ1n) is 11.0. The van der Waals surface area contributed by atoms with E-state index in [1.54, 1.807) is 22.7 Å². The molecule has 0 aliphatic carbocycles. The maximum Gasteiger partial charge on any atom is 0.417 e. The molecule has 0 spiro atoms. The van der Waals surface area contributed by atoms with Gasteiger partial charge in [0.15, 0.2) is 0 Å². The fourth-order valence-corrected chi connectivity index (χ4v) is 4.45. The molecule has 0 radical (unpaired) electrons.